The fourth-order valence-corrected chi connectivity index (χ4v) is 9.45. The number of nitrogens with zero attached hydrogens (tertiary/aromatic N) is 1. The van der Waals surface area contributed by atoms with Crippen molar-refractivity contribution in [1.82, 2.24) is 4.57 Å². The van der Waals surface area contributed by atoms with E-state index >= 15 is 0 Å². The molecule has 0 unspecified atom stereocenters. The summed E-state index contributed by atoms with van der Waals surface area (Å²) < 4.78 is 1.71. The molecule has 1 amide bonds. The van der Waals surface area contributed by atoms with Crippen LogP contribution in [-0.4, -0.2) is 15.7 Å². The van der Waals surface area contributed by atoms with Gasteiger partial charge in [-0.15, -0.1) is 11.8 Å². The summed E-state index contributed by atoms with van der Waals surface area (Å²) in [5.74, 6) is 2.02. The third-order valence-electron chi connectivity index (χ3n) is 7.64. The fourth-order valence-electron chi connectivity index (χ4n) is 6.18. The number of aromatic nitrogens is 1. The third-order valence-corrected chi connectivity index (χ3v) is 10.7. The number of anilines is 1. The minimum absolute atomic E-state index is 0.0429. The smallest absolute Gasteiger partial charge is 0.308 e. The highest BCUT2D eigenvalue weighted by Crippen LogP contribution is 2.64. The van der Waals surface area contributed by atoms with Gasteiger partial charge in [-0.2, -0.15) is 0 Å². The van der Waals surface area contributed by atoms with Crippen molar-refractivity contribution in [3.05, 3.63) is 79.2 Å². The van der Waals surface area contributed by atoms with Crippen LogP contribution in [0.2, 0.25) is 5.02 Å². The molecule has 2 saturated carbocycles. The Morgan fingerprint density at radius 2 is 1.88 bits per heavy atom. The molecule has 2 aliphatic carbocycles. The molecule has 0 saturated heterocycles. The van der Waals surface area contributed by atoms with Crippen molar-refractivity contribution in [1.29, 1.82) is 0 Å². The molecule has 0 radical (unpaired) electrons. The van der Waals surface area contributed by atoms with Crippen LogP contribution in [0.15, 0.2) is 58.4 Å². The second-order valence-electron chi connectivity index (χ2n) is 9.51. The average molecular weight is 497 g/mol. The lowest BCUT2D eigenvalue weighted by Gasteiger charge is -2.40. The maximum Gasteiger partial charge on any atom is 0.308 e. The number of fused-ring (bicyclic) bond motifs is 6. The van der Waals surface area contributed by atoms with E-state index in [1.165, 1.54) is 36.2 Å². The Labute approximate surface area is 206 Å². The van der Waals surface area contributed by atoms with Crippen LogP contribution in [0.3, 0.4) is 0 Å². The minimum Gasteiger partial charge on any atom is -0.324 e. The van der Waals surface area contributed by atoms with Gasteiger partial charge in [-0.25, -0.2) is 0 Å². The molecule has 3 aliphatic rings. The van der Waals surface area contributed by atoms with E-state index in [4.69, 9.17) is 11.6 Å². The number of carbonyl (C=O) groups is 1. The van der Waals surface area contributed by atoms with Crippen LogP contribution < -0.4 is 10.2 Å². The lowest BCUT2D eigenvalue weighted by Crippen LogP contribution is -2.34. The molecule has 170 valence electrons. The molecule has 33 heavy (non-hydrogen) atoms. The monoisotopic (exact) mass is 496 g/mol. The SMILES string of the molecule is Cc1ccccc1NC(=O)Cn1c2c(sc1=O)[C@H](c1ccc(Cl)cc1)[C@@H]1[C@H]3CC[C@@H](C3)[C@@H]1S2. The Bertz CT molecular complexity index is 1280. The number of nitrogens with one attached hydrogen (secondary N) is 1. The topological polar surface area (TPSA) is 51.1 Å². The van der Waals surface area contributed by atoms with E-state index in [1.807, 2.05) is 55.1 Å². The number of para-hydroxylation sites is 1. The van der Waals surface area contributed by atoms with Gasteiger partial charge >= 0.3 is 4.87 Å². The number of rotatable bonds is 4. The Kier molecular flexibility index (Phi) is 5.43. The highest BCUT2D eigenvalue weighted by atomic mass is 35.5. The first-order chi connectivity index (χ1) is 16.0. The quantitative estimate of drug-likeness (QED) is 0.470. The molecular weight excluding hydrogens is 472 g/mol. The molecule has 1 N–H and O–H groups in total. The largest absolute Gasteiger partial charge is 0.324 e. The Hall–Kier alpha value is -2.02. The summed E-state index contributed by atoms with van der Waals surface area (Å²) in [6.45, 7) is 2.01. The summed E-state index contributed by atoms with van der Waals surface area (Å²) in [6, 6.07) is 15.9. The standard InChI is InChI=1S/C26H25ClN2O2S2/c1-14-4-2-3-5-19(14)28-20(30)13-29-25-24(33-26(29)31)21(15-8-10-18(27)11-9-15)22-16-6-7-17(12-16)23(22)32-25/h2-5,8-11,16-17,21-23H,6-7,12-13H2,1H3,(H,28,30)/t16-,17-,21+,22-,23-/m0/s1. The van der Waals surface area contributed by atoms with Crippen LogP contribution >= 0.6 is 34.7 Å². The van der Waals surface area contributed by atoms with Gasteiger partial charge in [0, 0.05) is 26.8 Å². The predicted molar refractivity (Wildman–Crippen MR) is 136 cm³/mol. The van der Waals surface area contributed by atoms with Crippen molar-refractivity contribution >= 4 is 46.3 Å². The summed E-state index contributed by atoms with van der Waals surface area (Å²) in [5, 5.41) is 5.23. The van der Waals surface area contributed by atoms with Crippen LogP contribution in [0.1, 0.15) is 41.2 Å². The third kappa shape index (κ3) is 3.67. The van der Waals surface area contributed by atoms with Gasteiger partial charge < -0.3 is 5.32 Å². The van der Waals surface area contributed by atoms with Gasteiger partial charge in [-0.05, 0) is 73.3 Å². The lowest BCUT2D eigenvalue weighted by molar-refractivity contribution is -0.116. The highest BCUT2D eigenvalue weighted by Gasteiger charge is 2.55. The van der Waals surface area contributed by atoms with Crippen LogP contribution in [0.4, 0.5) is 5.69 Å². The molecule has 6 rings (SSSR count). The first kappa shape index (κ1) is 21.5. The summed E-state index contributed by atoms with van der Waals surface area (Å²) >= 11 is 9.37. The zero-order valence-corrected chi connectivity index (χ0v) is 20.7. The molecule has 2 aromatic carbocycles. The van der Waals surface area contributed by atoms with Crippen molar-refractivity contribution < 1.29 is 4.79 Å². The van der Waals surface area contributed by atoms with E-state index in [0.717, 1.165) is 32.1 Å². The molecule has 0 spiro atoms. The number of halogens is 1. The van der Waals surface area contributed by atoms with Crippen LogP contribution in [0.25, 0.3) is 0 Å². The number of hydrogen-bond acceptors (Lipinski definition) is 4. The van der Waals surface area contributed by atoms with E-state index in [-0.39, 0.29) is 23.2 Å². The van der Waals surface area contributed by atoms with Crippen molar-refractivity contribution in [2.24, 2.45) is 17.8 Å². The highest BCUT2D eigenvalue weighted by molar-refractivity contribution is 8.00. The summed E-state index contributed by atoms with van der Waals surface area (Å²) in [7, 11) is 0. The summed E-state index contributed by atoms with van der Waals surface area (Å²) in [4.78, 5) is 27.2. The maximum absolute atomic E-state index is 13.2. The number of benzene rings is 2. The molecule has 1 aromatic heterocycles. The summed E-state index contributed by atoms with van der Waals surface area (Å²) in [6.07, 6.45) is 3.86. The van der Waals surface area contributed by atoms with Gasteiger partial charge in [0.25, 0.3) is 0 Å². The number of aryl methyl sites for hydroxylation is 1. The first-order valence-electron chi connectivity index (χ1n) is 11.5. The molecule has 2 fully saturated rings. The Morgan fingerprint density at radius 1 is 1.12 bits per heavy atom. The van der Waals surface area contributed by atoms with Crippen LogP contribution in [-0.2, 0) is 11.3 Å². The number of amides is 1. The van der Waals surface area contributed by atoms with E-state index in [0.29, 0.717) is 17.1 Å². The second-order valence-corrected chi connectivity index (χ2v) is 12.1. The molecule has 2 bridgehead atoms. The van der Waals surface area contributed by atoms with Crippen molar-refractivity contribution in [2.75, 3.05) is 5.32 Å². The zero-order valence-electron chi connectivity index (χ0n) is 18.3. The number of carbonyl (C=O) groups excluding carboxylic acids is 1. The van der Waals surface area contributed by atoms with Gasteiger partial charge in [0.2, 0.25) is 5.91 Å². The van der Waals surface area contributed by atoms with Gasteiger partial charge in [-0.1, -0.05) is 53.3 Å². The average Bonchev–Trinajstić information content (AvgIpc) is 3.49. The number of thioether (sulfide) groups is 1. The maximum atomic E-state index is 13.2. The first-order valence-corrected chi connectivity index (χ1v) is 13.6. The predicted octanol–water partition coefficient (Wildman–Crippen LogP) is 6.16. The van der Waals surface area contributed by atoms with E-state index in [1.54, 1.807) is 4.57 Å². The molecule has 1 aliphatic heterocycles. The van der Waals surface area contributed by atoms with Crippen molar-refractivity contribution in [2.45, 2.75) is 48.9 Å². The summed E-state index contributed by atoms with van der Waals surface area (Å²) in [5.41, 5.74) is 3.04. The molecule has 5 atom stereocenters. The zero-order chi connectivity index (χ0) is 22.7. The lowest BCUT2D eigenvalue weighted by atomic mass is 9.75. The van der Waals surface area contributed by atoms with Gasteiger partial charge in [0.1, 0.15) is 6.54 Å². The molecule has 4 nitrogen and oxygen atoms in total. The van der Waals surface area contributed by atoms with Crippen molar-refractivity contribution in [3.63, 3.8) is 0 Å². The fraction of sp³-hybridized carbons (Fsp3) is 0.385. The van der Waals surface area contributed by atoms with Gasteiger partial charge in [0.05, 0.1) is 5.03 Å². The minimum atomic E-state index is -0.161. The molecule has 2 heterocycles. The number of thiazole rings is 1. The van der Waals surface area contributed by atoms with Gasteiger partial charge in [-0.3, -0.25) is 14.2 Å². The Morgan fingerprint density at radius 3 is 2.67 bits per heavy atom. The molecular formula is C26H25ClN2O2S2. The van der Waals surface area contributed by atoms with Crippen LogP contribution in [0.5, 0.6) is 0 Å². The Balaban J connectivity index is 1.37. The van der Waals surface area contributed by atoms with E-state index in [9.17, 15) is 9.59 Å². The number of hydrogen-bond donors (Lipinski definition) is 1. The molecule has 7 heteroatoms. The van der Waals surface area contributed by atoms with E-state index in [2.05, 4.69) is 17.4 Å². The normalized spacial score (nSPS) is 27.3. The van der Waals surface area contributed by atoms with Gasteiger partial charge in [0.15, 0.2) is 0 Å². The second kappa shape index (κ2) is 8.33. The van der Waals surface area contributed by atoms with Crippen LogP contribution in [0, 0.1) is 24.7 Å². The van der Waals surface area contributed by atoms with E-state index < -0.39 is 0 Å². The van der Waals surface area contributed by atoms with Crippen molar-refractivity contribution in [3.8, 4) is 0 Å². The molecule has 3 aromatic rings.